The smallest absolute Gasteiger partial charge is 0.306 e. The Labute approximate surface area is 148 Å². The first-order chi connectivity index (χ1) is 12.1. The van der Waals surface area contributed by atoms with Crippen molar-refractivity contribution in [1.29, 1.82) is 0 Å². The molecule has 1 aliphatic carbocycles. The molecule has 0 aliphatic heterocycles. The molecule has 0 bridgehead atoms. The highest BCUT2D eigenvalue weighted by Gasteiger charge is 2.15. The number of nitrogens with one attached hydrogen (secondary N) is 1. The molecule has 2 rings (SSSR count). The van der Waals surface area contributed by atoms with E-state index in [0.29, 0.717) is 30.9 Å². The number of methoxy groups -OCH3 is 2. The first-order valence-electron chi connectivity index (χ1n) is 8.42. The van der Waals surface area contributed by atoms with Gasteiger partial charge in [0.05, 0.1) is 20.6 Å². The predicted octanol–water partition coefficient (Wildman–Crippen LogP) is 2.26. The lowest BCUT2D eigenvalue weighted by Crippen LogP contribution is -2.30. The summed E-state index contributed by atoms with van der Waals surface area (Å²) < 4.78 is 15.5. The average molecular weight is 347 g/mol. The van der Waals surface area contributed by atoms with Crippen LogP contribution in [0.1, 0.15) is 24.8 Å². The molecule has 1 aromatic rings. The van der Waals surface area contributed by atoms with Gasteiger partial charge in [0.1, 0.15) is 0 Å². The molecule has 0 saturated heterocycles. The minimum absolute atomic E-state index is 0.235. The molecule has 0 spiro atoms. The summed E-state index contributed by atoms with van der Waals surface area (Å²) in [4.78, 5) is 23.4. The second-order valence-corrected chi connectivity index (χ2v) is 5.92. The molecule has 0 heterocycles. The molecule has 1 amide bonds. The lowest BCUT2D eigenvalue weighted by Gasteiger charge is -2.10. The second-order valence-electron chi connectivity index (χ2n) is 5.92. The number of carbonyl (C=O) groups is 2. The van der Waals surface area contributed by atoms with Crippen LogP contribution in [0.5, 0.6) is 11.5 Å². The van der Waals surface area contributed by atoms with Gasteiger partial charge in [0.15, 0.2) is 18.1 Å². The number of hydrogen-bond donors (Lipinski definition) is 1. The number of carbonyl (C=O) groups excluding carboxylic acids is 2. The summed E-state index contributed by atoms with van der Waals surface area (Å²) in [5.41, 5.74) is 1.02. The molecule has 1 aliphatic rings. The van der Waals surface area contributed by atoms with Crippen molar-refractivity contribution in [3.05, 3.63) is 35.9 Å². The van der Waals surface area contributed by atoms with Gasteiger partial charge in [-0.05, 0) is 42.9 Å². The number of allylic oxidation sites excluding steroid dienone is 2. The van der Waals surface area contributed by atoms with Crippen molar-refractivity contribution in [3.63, 3.8) is 0 Å². The molecule has 6 nitrogen and oxygen atoms in total. The third-order valence-corrected chi connectivity index (χ3v) is 4.09. The zero-order valence-corrected chi connectivity index (χ0v) is 14.7. The number of benzene rings is 1. The lowest BCUT2D eigenvalue weighted by molar-refractivity contribution is -0.149. The molecule has 0 unspecified atom stereocenters. The summed E-state index contributed by atoms with van der Waals surface area (Å²) in [7, 11) is 3.17. The molecular formula is C19H25NO5. The first-order valence-corrected chi connectivity index (χ1v) is 8.42. The largest absolute Gasteiger partial charge is 0.493 e. The van der Waals surface area contributed by atoms with Gasteiger partial charge in [-0.3, -0.25) is 9.59 Å². The van der Waals surface area contributed by atoms with Crippen molar-refractivity contribution < 1.29 is 23.8 Å². The monoisotopic (exact) mass is 347 g/mol. The molecule has 136 valence electrons. The van der Waals surface area contributed by atoms with Crippen molar-refractivity contribution in [2.75, 3.05) is 27.4 Å². The number of amides is 1. The van der Waals surface area contributed by atoms with E-state index in [4.69, 9.17) is 14.2 Å². The highest BCUT2D eigenvalue weighted by molar-refractivity contribution is 5.80. The van der Waals surface area contributed by atoms with E-state index in [1.165, 1.54) is 0 Å². The normalized spacial score (nSPS) is 15.7. The maximum atomic E-state index is 11.8. The van der Waals surface area contributed by atoms with Gasteiger partial charge in [0, 0.05) is 6.54 Å². The third-order valence-electron chi connectivity index (χ3n) is 4.09. The van der Waals surface area contributed by atoms with E-state index in [9.17, 15) is 9.59 Å². The fourth-order valence-corrected chi connectivity index (χ4v) is 2.72. The summed E-state index contributed by atoms with van der Waals surface area (Å²) >= 11 is 0. The fourth-order valence-electron chi connectivity index (χ4n) is 2.72. The maximum Gasteiger partial charge on any atom is 0.306 e. The minimum Gasteiger partial charge on any atom is -0.493 e. The predicted molar refractivity (Wildman–Crippen MR) is 93.7 cm³/mol. The first kappa shape index (κ1) is 18.8. The highest BCUT2D eigenvalue weighted by Crippen LogP contribution is 2.27. The van der Waals surface area contributed by atoms with Crippen molar-refractivity contribution in [2.45, 2.75) is 25.7 Å². The average Bonchev–Trinajstić information content (AvgIpc) is 3.12. The van der Waals surface area contributed by atoms with E-state index in [2.05, 4.69) is 11.4 Å². The number of hydrogen-bond acceptors (Lipinski definition) is 5. The van der Waals surface area contributed by atoms with E-state index in [1.54, 1.807) is 14.2 Å². The molecule has 6 heteroatoms. The van der Waals surface area contributed by atoms with E-state index in [1.807, 2.05) is 24.3 Å². The Morgan fingerprint density at radius 2 is 2.00 bits per heavy atom. The molecule has 0 radical (unpaired) electrons. The minimum atomic E-state index is -0.327. The summed E-state index contributed by atoms with van der Waals surface area (Å²) in [6.45, 7) is 0.221. The van der Waals surface area contributed by atoms with E-state index < -0.39 is 0 Å². The quantitative estimate of drug-likeness (QED) is 0.548. The van der Waals surface area contributed by atoms with Crippen molar-refractivity contribution >= 4 is 11.9 Å². The molecule has 25 heavy (non-hydrogen) atoms. The van der Waals surface area contributed by atoms with Crippen molar-refractivity contribution in [3.8, 4) is 11.5 Å². The molecule has 0 fully saturated rings. The van der Waals surface area contributed by atoms with Crippen molar-refractivity contribution in [1.82, 2.24) is 5.32 Å². The third kappa shape index (κ3) is 6.14. The van der Waals surface area contributed by atoms with Crippen LogP contribution >= 0.6 is 0 Å². The Bertz CT molecular complexity index is 626. The van der Waals surface area contributed by atoms with Gasteiger partial charge in [-0.2, -0.15) is 0 Å². The van der Waals surface area contributed by atoms with Crippen LogP contribution in [-0.4, -0.2) is 39.2 Å². The van der Waals surface area contributed by atoms with E-state index in [0.717, 1.165) is 18.4 Å². The summed E-state index contributed by atoms with van der Waals surface area (Å²) in [5, 5.41) is 2.74. The van der Waals surface area contributed by atoms with E-state index >= 15 is 0 Å². The highest BCUT2D eigenvalue weighted by atomic mass is 16.5. The molecule has 1 atom stereocenters. The van der Waals surface area contributed by atoms with Gasteiger partial charge in [-0.25, -0.2) is 0 Å². The number of ether oxygens (including phenoxy) is 3. The zero-order valence-electron chi connectivity index (χ0n) is 14.7. The summed E-state index contributed by atoms with van der Waals surface area (Å²) in [6, 6.07) is 5.62. The molecule has 0 saturated carbocycles. The van der Waals surface area contributed by atoms with Crippen LogP contribution in [0.3, 0.4) is 0 Å². The summed E-state index contributed by atoms with van der Waals surface area (Å²) in [5.74, 6) is 0.948. The lowest BCUT2D eigenvalue weighted by atomic mass is 10.1. The molecule has 1 aromatic carbocycles. The molecule has 0 aromatic heterocycles. The fraction of sp³-hybridized carbons (Fsp3) is 0.474. The molecule has 1 N–H and O–H groups in total. The number of esters is 1. The maximum absolute atomic E-state index is 11.8. The van der Waals surface area contributed by atoms with Crippen LogP contribution in [0.2, 0.25) is 0 Å². The second kappa shape index (κ2) is 9.71. The van der Waals surface area contributed by atoms with Gasteiger partial charge in [-0.1, -0.05) is 18.2 Å². The Kier molecular flexibility index (Phi) is 7.32. The van der Waals surface area contributed by atoms with Crippen LogP contribution in [0.15, 0.2) is 30.4 Å². The number of rotatable bonds is 9. The Morgan fingerprint density at radius 1 is 1.20 bits per heavy atom. The zero-order chi connectivity index (χ0) is 18.1. The van der Waals surface area contributed by atoms with Crippen LogP contribution in [0.4, 0.5) is 0 Å². The van der Waals surface area contributed by atoms with Gasteiger partial charge >= 0.3 is 5.97 Å². The van der Waals surface area contributed by atoms with Crippen LogP contribution in [0, 0.1) is 5.92 Å². The van der Waals surface area contributed by atoms with E-state index in [-0.39, 0.29) is 24.4 Å². The van der Waals surface area contributed by atoms with Crippen LogP contribution < -0.4 is 14.8 Å². The molecular weight excluding hydrogens is 322 g/mol. The SMILES string of the molecule is COc1ccc(CCNC(=O)COC(=O)C[C@@H]2C=CCC2)cc1OC. The van der Waals surface area contributed by atoms with Crippen LogP contribution in [0.25, 0.3) is 0 Å². The summed E-state index contributed by atoms with van der Waals surface area (Å²) in [6.07, 6.45) is 7.08. The van der Waals surface area contributed by atoms with Crippen molar-refractivity contribution in [2.24, 2.45) is 5.92 Å². The Balaban J connectivity index is 1.66. The van der Waals surface area contributed by atoms with Gasteiger partial charge in [0.2, 0.25) is 0 Å². The topological polar surface area (TPSA) is 73.9 Å². The Hall–Kier alpha value is -2.50. The van der Waals surface area contributed by atoms with Gasteiger partial charge < -0.3 is 19.5 Å². The Morgan fingerprint density at radius 3 is 2.68 bits per heavy atom. The van der Waals surface area contributed by atoms with Crippen LogP contribution in [-0.2, 0) is 20.7 Å². The standard InChI is InChI=1S/C19H25NO5/c1-23-16-8-7-15(11-17(16)24-2)9-10-20-18(21)13-25-19(22)12-14-5-3-4-6-14/h3,5,7-8,11,14H,4,6,9-10,12-13H2,1-2H3,(H,20,21)/t14-/m1/s1. The van der Waals surface area contributed by atoms with Gasteiger partial charge in [0.25, 0.3) is 5.91 Å². The van der Waals surface area contributed by atoms with Gasteiger partial charge in [-0.15, -0.1) is 0 Å².